The van der Waals surface area contributed by atoms with Gasteiger partial charge in [-0.2, -0.15) is 0 Å². The van der Waals surface area contributed by atoms with Crippen molar-refractivity contribution in [3.63, 3.8) is 0 Å². The largest absolute Gasteiger partial charge is 0.393 e. The molecule has 0 spiro atoms. The first-order chi connectivity index (χ1) is 11.7. The van der Waals surface area contributed by atoms with Gasteiger partial charge in [-0.1, -0.05) is 6.92 Å². The Labute approximate surface area is 144 Å². The summed E-state index contributed by atoms with van der Waals surface area (Å²) in [6.45, 7) is 10.1. The van der Waals surface area contributed by atoms with Crippen LogP contribution in [0, 0.1) is 5.92 Å². The molecule has 0 atom stereocenters. The van der Waals surface area contributed by atoms with E-state index in [1.165, 1.54) is 12.8 Å². The van der Waals surface area contributed by atoms with Crippen molar-refractivity contribution in [1.29, 1.82) is 0 Å². The predicted molar refractivity (Wildman–Crippen MR) is 97.4 cm³/mol. The molecule has 0 aliphatic carbocycles. The average molecular weight is 334 g/mol. The maximum Gasteiger partial charge on any atom is 0.157 e. The molecule has 2 fully saturated rings. The van der Waals surface area contributed by atoms with Gasteiger partial charge in [0.15, 0.2) is 11.6 Å². The zero-order valence-corrected chi connectivity index (χ0v) is 14.7. The summed E-state index contributed by atoms with van der Waals surface area (Å²) in [5, 5.41) is 3.38. The van der Waals surface area contributed by atoms with Gasteiger partial charge in [-0.3, -0.25) is 4.90 Å². The molecular weight excluding hydrogens is 304 g/mol. The Morgan fingerprint density at radius 3 is 2.71 bits per heavy atom. The number of nitrogens with one attached hydrogen (secondary N) is 1. The number of nitrogens with two attached hydrogens (primary N) is 1. The summed E-state index contributed by atoms with van der Waals surface area (Å²) in [5.41, 5.74) is 7.00. The highest BCUT2D eigenvalue weighted by Gasteiger charge is 2.20. The minimum atomic E-state index is 0.679. The van der Waals surface area contributed by atoms with Crippen molar-refractivity contribution >= 4 is 17.3 Å². The van der Waals surface area contributed by atoms with Crippen LogP contribution in [0.3, 0.4) is 0 Å². The topological polar surface area (TPSA) is 79.5 Å². The summed E-state index contributed by atoms with van der Waals surface area (Å²) >= 11 is 0. The van der Waals surface area contributed by atoms with E-state index in [-0.39, 0.29) is 0 Å². The summed E-state index contributed by atoms with van der Waals surface area (Å²) in [6.07, 6.45) is 5.09. The van der Waals surface area contributed by atoms with Gasteiger partial charge in [0, 0.05) is 32.7 Å². The molecule has 7 heteroatoms. The fourth-order valence-electron chi connectivity index (χ4n) is 3.33. The van der Waals surface area contributed by atoms with E-state index in [1.807, 2.05) is 0 Å². The molecule has 2 aliphatic rings. The predicted octanol–water partition coefficient (Wildman–Crippen LogP) is 1.43. The number of aromatic nitrogens is 2. The van der Waals surface area contributed by atoms with Crippen LogP contribution >= 0.6 is 0 Å². The van der Waals surface area contributed by atoms with Gasteiger partial charge in [-0.05, 0) is 31.7 Å². The van der Waals surface area contributed by atoms with Gasteiger partial charge in [0.1, 0.15) is 12.0 Å². The lowest BCUT2D eigenvalue weighted by Crippen LogP contribution is -2.37. The quantitative estimate of drug-likeness (QED) is 0.762. The third kappa shape index (κ3) is 4.48. The molecule has 24 heavy (non-hydrogen) atoms. The van der Waals surface area contributed by atoms with Crippen LogP contribution in [0.25, 0.3) is 0 Å². The minimum Gasteiger partial charge on any atom is -0.393 e. The number of piperidine rings is 1. The third-order valence-corrected chi connectivity index (χ3v) is 4.99. The lowest BCUT2D eigenvalue weighted by Gasteiger charge is -2.32. The highest BCUT2D eigenvalue weighted by molar-refractivity contribution is 5.74. The van der Waals surface area contributed by atoms with Crippen molar-refractivity contribution in [3.05, 3.63) is 6.33 Å². The van der Waals surface area contributed by atoms with Crippen molar-refractivity contribution in [1.82, 2.24) is 14.9 Å². The van der Waals surface area contributed by atoms with Crippen LogP contribution in [-0.4, -0.2) is 67.4 Å². The van der Waals surface area contributed by atoms with E-state index in [0.29, 0.717) is 5.69 Å². The second-order valence-electron chi connectivity index (χ2n) is 6.86. The molecule has 134 valence electrons. The lowest BCUT2D eigenvalue weighted by molar-refractivity contribution is 0.0378. The zero-order valence-electron chi connectivity index (χ0n) is 14.7. The van der Waals surface area contributed by atoms with Crippen molar-refractivity contribution in [2.75, 3.05) is 68.4 Å². The first kappa shape index (κ1) is 17.2. The van der Waals surface area contributed by atoms with Crippen LogP contribution in [-0.2, 0) is 4.74 Å². The van der Waals surface area contributed by atoms with Crippen LogP contribution in [0.5, 0.6) is 0 Å². The summed E-state index contributed by atoms with van der Waals surface area (Å²) < 4.78 is 5.37. The van der Waals surface area contributed by atoms with E-state index in [9.17, 15) is 0 Å². The highest BCUT2D eigenvalue weighted by Crippen LogP contribution is 2.29. The number of rotatable bonds is 6. The van der Waals surface area contributed by atoms with E-state index in [2.05, 4.69) is 32.0 Å². The van der Waals surface area contributed by atoms with Crippen molar-refractivity contribution in [2.24, 2.45) is 5.92 Å². The van der Waals surface area contributed by atoms with Crippen LogP contribution in [0.1, 0.15) is 26.2 Å². The number of nitrogen functional groups attached to an aromatic ring is 1. The number of anilines is 3. The Kier molecular flexibility index (Phi) is 6.09. The van der Waals surface area contributed by atoms with Crippen LogP contribution in [0.2, 0.25) is 0 Å². The average Bonchev–Trinajstić information content (AvgIpc) is 2.62. The second kappa shape index (κ2) is 8.48. The number of morpholine rings is 1. The molecule has 2 saturated heterocycles. The zero-order chi connectivity index (χ0) is 16.8. The van der Waals surface area contributed by atoms with Crippen molar-refractivity contribution in [3.8, 4) is 0 Å². The van der Waals surface area contributed by atoms with Gasteiger partial charge in [-0.15, -0.1) is 0 Å². The molecule has 0 saturated carbocycles. The van der Waals surface area contributed by atoms with Crippen LogP contribution < -0.4 is 16.0 Å². The summed E-state index contributed by atoms with van der Waals surface area (Å²) in [7, 11) is 0. The molecule has 1 aromatic rings. The van der Waals surface area contributed by atoms with Crippen LogP contribution in [0.4, 0.5) is 17.3 Å². The fraction of sp³-hybridized carbons (Fsp3) is 0.765. The molecule has 1 aromatic heterocycles. The fourth-order valence-corrected chi connectivity index (χ4v) is 3.33. The second-order valence-corrected chi connectivity index (χ2v) is 6.86. The Bertz CT molecular complexity index is 512. The van der Waals surface area contributed by atoms with Gasteiger partial charge in [-0.25, -0.2) is 9.97 Å². The molecule has 3 rings (SSSR count). The number of hydrogen-bond donors (Lipinski definition) is 2. The Hall–Kier alpha value is -1.60. The van der Waals surface area contributed by atoms with Gasteiger partial charge in [0.2, 0.25) is 0 Å². The van der Waals surface area contributed by atoms with Gasteiger partial charge in [0.05, 0.1) is 13.2 Å². The SMILES string of the molecule is CC1CCN(c2ncnc(NCCCN3CCOCC3)c2N)CC1. The monoisotopic (exact) mass is 334 g/mol. The lowest BCUT2D eigenvalue weighted by atomic mass is 9.99. The van der Waals surface area contributed by atoms with E-state index in [4.69, 9.17) is 10.5 Å². The first-order valence-electron chi connectivity index (χ1n) is 9.13. The van der Waals surface area contributed by atoms with E-state index in [1.54, 1.807) is 6.33 Å². The summed E-state index contributed by atoms with van der Waals surface area (Å²) in [4.78, 5) is 13.5. The van der Waals surface area contributed by atoms with E-state index in [0.717, 1.165) is 76.5 Å². The normalized spacial score (nSPS) is 20.3. The van der Waals surface area contributed by atoms with E-state index < -0.39 is 0 Å². The van der Waals surface area contributed by atoms with Gasteiger partial charge < -0.3 is 20.7 Å². The number of ether oxygens (including phenoxy) is 1. The molecule has 0 amide bonds. The standard InChI is InChI=1S/C17H30N6O/c1-14-3-7-23(8-4-14)17-15(18)16(20-13-21-17)19-5-2-6-22-9-11-24-12-10-22/h13-14H,2-12,18H2,1H3,(H,19,20,21). The van der Waals surface area contributed by atoms with Gasteiger partial charge >= 0.3 is 0 Å². The van der Waals surface area contributed by atoms with Gasteiger partial charge in [0.25, 0.3) is 0 Å². The molecule has 0 aromatic carbocycles. The van der Waals surface area contributed by atoms with Crippen molar-refractivity contribution in [2.45, 2.75) is 26.2 Å². The maximum absolute atomic E-state index is 6.32. The number of nitrogens with zero attached hydrogens (tertiary/aromatic N) is 4. The summed E-state index contributed by atoms with van der Waals surface area (Å²) in [5.74, 6) is 2.44. The third-order valence-electron chi connectivity index (χ3n) is 4.99. The molecule has 3 heterocycles. The molecule has 2 aliphatic heterocycles. The maximum atomic E-state index is 6.32. The Morgan fingerprint density at radius 1 is 1.21 bits per heavy atom. The Balaban J connectivity index is 1.49. The molecule has 0 radical (unpaired) electrons. The molecule has 0 bridgehead atoms. The molecule has 7 nitrogen and oxygen atoms in total. The Morgan fingerprint density at radius 2 is 1.96 bits per heavy atom. The van der Waals surface area contributed by atoms with E-state index >= 15 is 0 Å². The molecule has 3 N–H and O–H groups in total. The number of hydrogen-bond acceptors (Lipinski definition) is 7. The molecule has 0 unspecified atom stereocenters. The van der Waals surface area contributed by atoms with Crippen LogP contribution in [0.15, 0.2) is 6.33 Å². The molecular formula is C17H30N6O. The van der Waals surface area contributed by atoms with Crippen molar-refractivity contribution < 1.29 is 4.74 Å². The first-order valence-corrected chi connectivity index (χ1v) is 9.13. The minimum absolute atomic E-state index is 0.679. The summed E-state index contributed by atoms with van der Waals surface area (Å²) in [6, 6.07) is 0. The smallest absolute Gasteiger partial charge is 0.157 e. The highest BCUT2D eigenvalue weighted by atomic mass is 16.5.